The molecule has 2 amide bonds. The van der Waals surface area contributed by atoms with Gasteiger partial charge in [0, 0.05) is 24.0 Å². The molecular weight excluding hydrogens is 340 g/mol. The summed E-state index contributed by atoms with van der Waals surface area (Å²) in [6.07, 6.45) is 3.52. The highest BCUT2D eigenvalue weighted by Gasteiger charge is 2.28. The molecule has 7 heteroatoms. The number of nitrogens with two attached hydrogens (primary N) is 1. The van der Waals surface area contributed by atoms with Crippen molar-refractivity contribution >= 4 is 23.4 Å². The van der Waals surface area contributed by atoms with Gasteiger partial charge in [0.2, 0.25) is 5.91 Å². The van der Waals surface area contributed by atoms with E-state index in [9.17, 15) is 9.59 Å². The fourth-order valence-electron chi connectivity index (χ4n) is 3.26. The number of hydrogen-bond donors (Lipinski definition) is 1. The number of aromatic nitrogens is 2. The molecule has 6 nitrogen and oxygen atoms in total. The molecule has 0 atom stereocenters. The van der Waals surface area contributed by atoms with E-state index in [4.69, 9.17) is 17.3 Å². The lowest BCUT2D eigenvalue weighted by Crippen LogP contribution is -2.41. The van der Waals surface area contributed by atoms with Crippen LogP contribution < -0.4 is 5.73 Å². The van der Waals surface area contributed by atoms with Gasteiger partial charge in [0.25, 0.3) is 5.91 Å². The first kappa shape index (κ1) is 17.5. The summed E-state index contributed by atoms with van der Waals surface area (Å²) in [5.41, 5.74) is 7.64. The zero-order valence-electron chi connectivity index (χ0n) is 14.1. The maximum absolute atomic E-state index is 12.9. The zero-order valence-corrected chi connectivity index (χ0v) is 14.9. The van der Waals surface area contributed by atoms with Gasteiger partial charge in [-0.25, -0.2) is 4.68 Å². The molecule has 2 aromatic rings. The van der Waals surface area contributed by atoms with E-state index in [-0.39, 0.29) is 17.7 Å². The van der Waals surface area contributed by atoms with Crippen LogP contribution in [0.25, 0.3) is 5.69 Å². The fraction of sp³-hybridized carbons (Fsp3) is 0.389. The van der Waals surface area contributed by atoms with Crippen LogP contribution in [0.2, 0.25) is 5.02 Å². The molecule has 0 aliphatic carbocycles. The Morgan fingerprint density at radius 1 is 1.32 bits per heavy atom. The van der Waals surface area contributed by atoms with Crippen LogP contribution in [0.5, 0.6) is 0 Å². The van der Waals surface area contributed by atoms with E-state index in [1.54, 1.807) is 21.8 Å². The largest absolute Gasteiger partial charge is 0.369 e. The van der Waals surface area contributed by atoms with Crippen LogP contribution in [0.4, 0.5) is 0 Å². The number of halogens is 1. The lowest BCUT2D eigenvalue weighted by atomic mass is 9.96. The summed E-state index contributed by atoms with van der Waals surface area (Å²) in [5.74, 6) is -0.466. The van der Waals surface area contributed by atoms with Crippen molar-refractivity contribution in [2.75, 3.05) is 13.1 Å². The molecule has 0 spiro atoms. The van der Waals surface area contributed by atoms with Crippen LogP contribution >= 0.6 is 11.6 Å². The number of primary amides is 1. The third-order valence-corrected chi connectivity index (χ3v) is 4.91. The predicted molar refractivity (Wildman–Crippen MR) is 95.8 cm³/mol. The van der Waals surface area contributed by atoms with Gasteiger partial charge in [-0.15, -0.1) is 0 Å². The van der Waals surface area contributed by atoms with Crippen LogP contribution in [0.15, 0.2) is 30.5 Å². The molecule has 1 aliphatic rings. The van der Waals surface area contributed by atoms with Crippen molar-refractivity contribution in [2.24, 2.45) is 11.7 Å². The third kappa shape index (κ3) is 3.54. The van der Waals surface area contributed by atoms with Gasteiger partial charge in [0.05, 0.1) is 23.1 Å². The molecule has 0 unspecified atom stereocenters. The molecular formula is C18H21ClN4O2. The Morgan fingerprint density at radius 2 is 2.04 bits per heavy atom. The van der Waals surface area contributed by atoms with E-state index in [2.05, 4.69) is 5.10 Å². The first-order chi connectivity index (χ1) is 12.0. The molecule has 2 N–H and O–H groups in total. The summed E-state index contributed by atoms with van der Waals surface area (Å²) in [6.45, 7) is 3.07. The maximum Gasteiger partial charge on any atom is 0.257 e. The van der Waals surface area contributed by atoms with Crippen molar-refractivity contribution in [2.45, 2.75) is 26.2 Å². The number of benzene rings is 1. The van der Waals surface area contributed by atoms with E-state index in [0.29, 0.717) is 42.9 Å². The SMILES string of the molecule is CCc1c(C(=O)N2CCC(C(N)=O)CC2)cnn1-c1cccc(Cl)c1. The van der Waals surface area contributed by atoms with E-state index < -0.39 is 0 Å². The lowest BCUT2D eigenvalue weighted by Gasteiger charge is -2.30. The number of piperidine rings is 1. The van der Waals surface area contributed by atoms with Crippen molar-refractivity contribution in [3.8, 4) is 5.69 Å². The monoisotopic (exact) mass is 360 g/mol. The lowest BCUT2D eigenvalue weighted by molar-refractivity contribution is -0.123. The quantitative estimate of drug-likeness (QED) is 0.909. The molecule has 0 radical (unpaired) electrons. The van der Waals surface area contributed by atoms with Crippen molar-refractivity contribution in [1.82, 2.24) is 14.7 Å². The minimum Gasteiger partial charge on any atom is -0.369 e. The standard InChI is InChI=1S/C18H21ClN4O2/c1-2-16-15(11-21-23(16)14-5-3-4-13(19)10-14)18(25)22-8-6-12(7-9-22)17(20)24/h3-5,10-12H,2,6-9H2,1H3,(H2,20,24). The average molecular weight is 361 g/mol. The highest BCUT2D eigenvalue weighted by atomic mass is 35.5. The van der Waals surface area contributed by atoms with Crippen LogP contribution in [-0.4, -0.2) is 39.6 Å². The van der Waals surface area contributed by atoms with Gasteiger partial charge >= 0.3 is 0 Å². The molecule has 1 aromatic heterocycles. The number of carbonyl (C=O) groups excluding carboxylic acids is 2. The van der Waals surface area contributed by atoms with E-state index in [1.807, 2.05) is 25.1 Å². The number of hydrogen-bond acceptors (Lipinski definition) is 3. The number of carbonyl (C=O) groups is 2. The molecule has 25 heavy (non-hydrogen) atoms. The molecule has 132 valence electrons. The molecule has 1 aliphatic heterocycles. The van der Waals surface area contributed by atoms with Crippen molar-refractivity contribution < 1.29 is 9.59 Å². The summed E-state index contributed by atoms with van der Waals surface area (Å²) in [4.78, 5) is 26.0. The second kappa shape index (κ2) is 7.27. The number of amides is 2. The second-order valence-electron chi connectivity index (χ2n) is 6.22. The molecule has 0 saturated carbocycles. The Hall–Kier alpha value is -2.34. The Kier molecular flexibility index (Phi) is 5.08. The van der Waals surface area contributed by atoms with E-state index in [0.717, 1.165) is 11.4 Å². The first-order valence-electron chi connectivity index (χ1n) is 8.42. The molecule has 2 heterocycles. The Labute approximate surface area is 151 Å². The van der Waals surface area contributed by atoms with Gasteiger partial charge in [0.1, 0.15) is 0 Å². The highest BCUT2D eigenvalue weighted by molar-refractivity contribution is 6.30. The third-order valence-electron chi connectivity index (χ3n) is 4.67. The maximum atomic E-state index is 12.9. The first-order valence-corrected chi connectivity index (χ1v) is 8.80. The van der Waals surface area contributed by atoms with Crippen molar-refractivity contribution in [3.05, 3.63) is 46.7 Å². The molecule has 3 rings (SSSR count). The van der Waals surface area contributed by atoms with Gasteiger partial charge in [-0.2, -0.15) is 5.10 Å². The van der Waals surface area contributed by atoms with Gasteiger partial charge in [0.15, 0.2) is 0 Å². The molecule has 1 fully saturated rings. The Balaban J connectivity index is 1.83. The van der Waals surface area contributed by atoms with Crippen LogP contribution in [0, 0.1) is 5.92 Å². The summed E-state index contributed by atoms with van der Waals surface area (Å²) in [7, 11) is 0. The number of nitrogens with zero attached hydrogens (tertiary/aromatic N) is 3. The summed E-state index contributed by atoms with van der Waals surface area (Å²) < 4.78 is 1.76. The van der Waals surface area contributed by atoms with Gasteiger partial charge < -0.3 is 10.6 Å². The van der Waals surface area contributed by atoms with Gasteiger partial charge in [-0.3, -0.25) is 9.59 Å². The van der Waals surface area contributed by atoms with Crippen molar-refractivity contribution in [3.63, 3.8) is 0 Å². The average Bonchev–Trinajstić information content (AvgIpc) is 3.05. The summed E-state index contributed by atoms with van der Waals surface area (Å²) in [6, 6.07) is 7.38. The minimum absolute atomic E-state index is 0.0481. The second-order valence-corrected chi connectivity index (χ2v) is 6.66. The van der Waals surface area contributed by atoms with Crippen molar-refractivity contribution in [1.29, 1.82) is 0 Å². The fourth-order valence-corrected chi connectivity index (χ4v) is 3.44. The molecule has 1 aromatic carbocycles. The zero-order chi connectivity index (χ0) is 18.0. The van der Waals surface area contributed by atoms with Crippen LogP contribution in [-0.2, 0) is 11.2 Å². The van der Waals surface area contributed by atoms with Crippen LogP contribution in [0.3, 0.4) is 0 Å². The number of likely N-dealkylation sites (tertiary alicyclic amines) is 1. The van der Waals surface area contributed by atoms with Gasteiger partial charge in [-0.1, -0.05) is 24.6 Å². The Morgan fingerprint density at radius 3 is 2.64 bits per heavy atom. The Bertz CT molecular complexity index is 794. The van der Waals surface area contributed by atoms with E-state index >= 15 is 0 Å². The topological polar surface area (TPSA) is 81.2 Å². The van der Waals surface area contributed by atoms with E-state index in [1.165, 1.54) is 0 Å². The van der Waals surface area contributed by atoms with Gasteiger partial charge in [-0.05, 0) is 37.5 Å². The normalized spacial score (nSPS) is 15.4. The summed E-state index contributed by atoms with van der Waals surface area (Å²) in [5, 5.41) is 5.02. The highest BCUT2D eigenvalue weighted by Crippen LogP contribution is 2.23. The molecule has 0 bridgehead atoms. The predicted octanol–water partition coefficient (Wildman–Crippen LogP) is 2.43. The van der Waals surface area contributed by atoms with Crippen LogP contribution in [0.1, 0.15) is 35.8 Å². The smallest absolute Gasteiger partial charge is 0.257 e. The molecule has 1 saturated heterocycles. The minimum atomic E-state index is -0.282. The summed E-state index contributed by atoms with van der Waals surface area (Å²) >= 11 is 6.07. The number of rotatable bonds is 4.